The molecule has 262 valence electrons. The summed E-state index contributed by atoms with van der Waals surface area (Å²) in [6.45, 7) is 0. The van der Waals surface area contributed by atoms with Crippen molar-refractivity contribution in [2.45, 2.75) is 37.5 Å². The predicted octanol–water partition coefficient (Wildman–Crippen LogP) is 13.9. The highest BCUT2D eigenvalue weighted by Crippen LogP contribution is 2.55. The molecule has 8 aromatic carbocycles. The monoisotopic (exact) mass is 703 g/mol. The Labute approximate surface area is 323 Å². The molecule has 2 unspecified atom stereocenters. The van der Waals surface area contributed by atoms with Crippen molar-refractivity contribution in [2.24, 2.45) is 0 Å². The number of benzene rings is 8. The topological polar surface area (TPSA) is 4.93 Å². The Kier molecular flexibility index (Phi) is 7.66. The number of fused-ring (bicyclic) bond motifs is 10. The SMILES string of the molecule is c1ccc(-c2cccc(CCC3c4ccccc4-c4ccc5c(c43)-c3ccccc3CCC5c3ccc4c(c3)c3ccccc3n4-c3ccccc3)c2)cc1. The first kappa shape index (κ1) is 32.0. The minimum atomic E-state index is 0.280. The van der Waals surface area contributed by atoms with Crippen LogP contribution in [0.15, 0.2) is 188 Å². The van der Waals surface area contributed by atoms with Gasteiger partial charge in [-0.15, -0.1) is 0 Å². The van der Waals surface area contributed by atoms with Crippen molar-refractivity contribution in [1.82, 2.24) is 4.57 Å². The van der Waals surface area contributed by atoms with Gasteiger partial charge < -0.3 is 4.57 Å². The van der Waals surface area contributed by atoms with Gasteiger partial charge in [-0.2, -0.15) is 0 Å². The molecule has 2 aliphatic rings. The maximum atomic E-state index is 2.51. The Bertz CT molecular complexity index is 2880. The standard InChI is InChI=1S/C54H41N/c1-3-15-37(16-4-1)39-18-13-14-36(34-39)26-29-48-44-22-9-10-23-45(44)49-32-31-47-42(30-27-38-17-7-8-21-43(38)53(47)54(48)49)40-28-33-52-50(35-40)46-24-11-12-25-51(46)55(52)41-19-5-2-6-20-41/h1-25,28,31-35,42,48H,26-27,29-30H2. The Morgan fingerprint density at radius 3 is 2.11 bits per heavy atom. The second-order valence-corrected chi connectivity index (χ2v) is 15.4. The lowest BCUT2D eigenvalue weighted by Gasteiger charge is -2.24. The lowest BCUT2D eigenvalue weighted by Crippen LogP contribution is -2.07. The first-order valence-corrected chi connectivity index (χ1v) is 19.9. The molecule has 11 rings (SSSR count). The molecular formula is C54H41N. The molecule has 9 aromatic rings. The Morgan fingerprint density at radius 2 is 1.22 bits per heavy atom. The molecular weight excluding hydrogens is 663 g/mol. The van der Waals surface area contributed by atoms with Gasteiger partial charge in [-0.25, -0.2) is 0 Å². The summed E-state index contributed by atoms with van der Waals surface area (Å²) >= 11 is 0. The van der Waals surface area contributed by atoms with E-state index in [2.05, 4.69) is 193 Å². The van der Waals surface area contributed by atoms with Crippen LogP contribution in [-0.2, 0) is 12.8 Å². The number of aryl methyl sites for hydroxylation is 2. The minimum absolute atomic E-state index is 0.280. The number of hydrogen-bond donors (Lipinski definition) is 0. The Morgan fingerprint density at radius 1 is 0.491 bits per heavy atom. The van der Waals surface area contributed by atoms with E-state index in [0.717, 1.165) is 25.7 Å². The van der Waals surface area contributed by atoms with E-state index in [1.54, 1.807) is 0 Å². The third-order valence-corrected chi connectivity index (χ3v) is 12.5. The highest BCUT2D eigenvalue weighted by atomic mass is 15.0. The van der Waals surface area contributed by atoms with Crippen LogP contribution in [0.4, 0.5) is 0 Å². The first-order valence-electron chi connectivity index (χ1n) is 19.9. The fraction of sp³-hybridized carbons (Fsp3) is 0.111. The van der Waals surface area contributed by atoms with E-state index in [1.807, 2.05) is 0 Å². The van der Waals surface area contributed by atoms with Crippen LogP contribution < -0.4 is 0 Å². The van der Waals surface area contributed by atoms with Crippen LogP contribution in [0.3, 0.4) is 0 Å². The molecule has 0 aliphatic heterocycles. The second-order valence-electron chi connectivity index (χ2n) is 15.4. The molecule has 1 heteroatoms. The van der Waals surface area contributed by atoms with Crippen molar-refractivity contribution < 1.29 is 0 Å². The normalized spacial score (nSPS) is 15.6. The van der Waals surface area contributed by atoms with E-state index in [-0.39, 0.29) is 5.92 Å². The zero-order chi connectivity index (χ0) is 36.3. The molecule has 2 aliphatic carbocycles. The van der Waals surface area contributed by atoms with E-state index in [4.69, 9.17) is 0 Å². The highest BCUT2D eigenvalue weighted by Gasteiger charge is 2.35. The maximum absolute atomic E-state index is 2.51. The minimum Gasteiger partial charge on any atom is -0.309 e. The molecule has 1 nitrogen and oxygen atoms in total. The van der Waals surface area contributed by atoms with Crippen molar-refractivity contribution in [3.8, 4) is 39.1 Å². The van der Waals surface area contributed by atoms with Crippen molar-refractivity contribution in [3.63, 3.8) is 0 Å². The van der Waals surface area contributed by atoms with Crippen molar-refractivity contribution in [3.05, 3.63) is 221 Å². The third kappa shape index (κ3) is 5.29. The van der Waals surface area contributed by atoms with Gasteiger partial charge in [0.2, 0.25) is 0 Å². The van der Waals surface area contributed by atoms with E-state index < -0.39 is 0 Å². The summed E-state index contributed by atoms with van der Waals surface area (Å²) in [4.78, 5) is 0. The fourth-order valence-corrected chi connectivity index (χ4v) is 10.0. The molecule has 0 N–H and O–H groups in total. The van der Waals surface area contributed by atoms with Gasteiger partial charge >= 0.3 is 0 Å². The number of para-hydroxylation sites is 2. The van der Waals surface area contributed by atoms with Crippen LogP contribution in [0, 0.1) is 0 Å². The summed E-state index contributed by atoms with van der Waals surface area (Å²) in [6.07, 6.45) is 4.22. The van der Waals surface area contributed by atoms with Crippen LogP contribution >= 0.6 is 0 Å². The van der Waals surface area contributed by atoms with Gasteiger partial charge in [0.05, 0.1) is 11.0 Å². The second kappa shape index (κ2) is 13.1. The summed E-state index contributed by atoms with van der Waals surface area (Å²) in [6, 6.07) is 70.4. The molecule has 0 saturated heterocycles. The van der Waals surface area contributed by atoms with Crippen LogP contribution in [-0.4, -0.2) is 4.57 Å². The van der Waals surface area contributed by atoms with Gasteiger partial charge in [-0.1, -0.05) is 158 Å². The van der Waals surface area contributed by atoms with Gasteiger partial charge in [0.1, 0.15) is 0 Å². The predicted molar refractivity (Wildman–Crippen MR) is 230 cm³/mol. The maximum Gasteiger partial charge on any atom is 0.0541 e. The van der Waals surface area contributed by atoms with Crippen LogP contribution in [0.25, 0.3) is 60.9 Å². The lowest BCUT2D eigenvalue weighted by molar-refractivity contribution is 0.717. The molecule has 1 aromatic heterocycles. The van der Waals surface area contributed by atoms with Crippen LogP contribution in [0.1, 0.15) is 58.1 Å². The molecule has 0 saturated carbocycles. The molecule has 0 amide bonds. The van der Waals surface area contributed by atoms with E-state index in [1.165, 1.54) is 94.3 Å². The molecule has 2 atom stereocenters. The van der Waals surface area contributed by atoms with Crippen molar-refractivity contribution in [1.29, 1.82) is 0 Å². The summed E-state index contributed by atoms with van der Waals surface area (Å²) in [5.41, 5.74) is 20.7. The number of rotatable bonds is 6. The lowest BCUT2D eigenvalue weighted by atomic mass is 9.79. The van der Waals surface area contributed by atoms with Gasteiger partial charge in [-0.3, -0.25) is 0 Å². The molecule has 55 heavy (non-hydrogen) atoms. The average molecular weight is 704 g/mol. The molecule has 0 radical (unpaired) electrons. The number of nitrogens with zero attached hydrogens (tertiary/aromatic N) is 1. The van der Waals surface area contributed by atoms with Gasteiger partial charge in [0.15, 0.2) is 0 Å². The molecule has 0 fully saturated rings. The Balaban J connectivity index is 1.06. The summed E-state index contributed by atoms with van der Waals surface area (Å²) in [5.74, 6) is 0.600. The van der Waals surface area contributed by atoms with Gasteiger partial charge in [-0.05, 0) is 123 Å². The number of hydrogen-bond acceptors (Lipinski definition) is 0. The molecule has 0 spiro atoms. The molecule has 1 heterocycles. The largest absolute Gasteiger partial charge is 0.309 e. The first-order chi connectivity index (χ1) is 27.3. The summed E-state index contributed by atoms with van der Waals surface area (Å²) in [7, 11) is 0. The third-order valence-electron chi connectivity index (χ3n) is 12.5. The summed E-state index contributed by atoms with van der Waals surface area (Å²) in [5, 5.41) is 2.63. The van der Waals surface area contributed by atoms with Crippen LogP contribution in [0.5, 0.6) is 0 Å². The van der Waals surface area contributed by atoms with Crippen LogP contribution in [0.2, 0.25) is 0 Å². The Hall–Kier alpha value is -6.44. The highest BCUT2D eigenvalue weighted by molar-refractivity contribution is 6.09. The summed E-state index contributed by atoms with van der Waals surface area (Å²) < 4.78 is 2.43. The zero-order valence-corrected chi connectivity index (χ0v) is 30.8. The van der Waals surface area contributed by atoms with Crippen molar-refractivity contribution >= 4 is 21.8 Å². The van der Waals surface area contributed by atoms with E-state index in [9.17, 15) is 0 Å². The average Bonchev–Trinajstić information content (AvgIpc) is 3.69. The van der Waals surface area contributed by atoms with Gasteiger partial charge in [0, 0.05) is 28.3 Å². The van der Waals surface area contributed by atoms with Gasteiger partial charge in [0.25, 0.3) is 0 Å². The van der Waals surface area contributed by atoms with Crippen molar-refractivity contribution in [2.75, 3.05) is 0 Å². The van der Waals surface area contributed by atoms with E-state index in [0.29, 0.717) is 5.92 Å². The number of aromatic nitrogens is 1. The quantitative estimate of drug-likeness (QED) is 0.162. The fourth-order valence-electron chi connectivity index (χ4n) is 10.0. The van der Waals surface area contributed by atoms with E-state index >= 15 is 0 Å². The molecule has 0 bridgehead atoms. The smallest absolute Gasteiger partial charge is 0.0541 e. The zero-order valence-electron chi connectivity index (χ0n) is 30.8.